The van der Waals surface area contributed by atoms with E-state index in [0.29, 0.717) is 18.0 Å². The van der Waals surface area contributed by atoms with Gasteiger partial charge in [0.25, 0.3) is 0 Å². The smallest absolute Gasteiger partial charge is 0.243 e. The third-order valence-electron chi connectivity index (χ3n) is 6.61. The molecule has 3 rings (SSSR count). The van der Waals surface area contributed by atoms with Gasteiger partial charge < -0.3 is 10.2 Å². The van der Waals surface area contributed by atoms with Crippen molar-refractivity contribution in [1.29, 1.82) is 0 Å². The van der Waals surface area contributed by atoms with Gasteiger partial charge in [-0.25, -0.2) is 8.42 Å². The van der Waals surface area contributed by atoms with Gasteiger partial charge in [-0.3, -0.25) is 13.9 Å². The fourth-order valence-electron chi connectivity index (χ4n) is 4.73. The molecule has 0 aliphatic heterocycles. The molecular weight excluding hydrogens is 533 g/mol. The zero-order valence-electron chi connectivity index (χ0n) is 21.3. The summed E-state index contributed by atoms with van der Waals surface area (Å²) >= 11 is 12.3. The van der Waals surface area contributed by atoms with Crippen LogP contribution < -0.4 is 9.62 Å². The lowest BCUT2D eigenvalue weighted by Gasteiger charge is -2.32. The molecule has 1 saturated carbocycles. The summed E-state index contributed by atoms with van der Waals surface area (Å²) in [6.07, 6.45) is 6.01. The molecule has 202 valence electrons. The van der Waals surface area contributed by atoms with Gasteiger partial charge in [-0.05, 0) is 49.4 Å². The maximum absolute atomic E-state index is 13.5. The van der Waals surface area contributed by atoms with Crippen LogP contribution in [0, 0.1) is 0 Å². The summed E-state index contributed by atoms with van der Waals surface area (Å²) in [4.78, 5) is 28.3. The third-order valence-corrected chi connectivity index (χ3v) is 8.35. The lowest BCUT2D eigenvalue weighted by atomic mass is 10.1. The quantitative estimate of drug-likeness (QED) is 0.371. The molecule has 0 unspecified atom stereocenters. The standard InChI is InChI=1S/C27H35Cl2N3O4S/c1-3-24(27(34)30-22-12-7-8-13-22)31(19-20-10-5-4-6-11-20)26(33)14-9-17-32(37(2,35)36)25-18-21(28)15-16-23(25)29/h4-6,10-11,15-16,18,22,24H,3,7-9,12-14,17,19H2,1-2H3,(H,30,34)/t24-/m1/s1. The highest BCUT2D eigenvalue weighted by molar-refractivity contribution is 7.92. The second-order valence-corrected chi connectivity index (χ2v) is 12.2. The van der Waals surface area contributed by atoms with Gasteiger partial charge in [0.2, 0.25) is 21.8 Å². The molecule has 2 amide bonds. The molecule has 7 nitrogen and oxygen atoms in total. The van der Waals surface area contributed by atoms with E-state index >= 15 is 0 Å². The lowest BCUT2D eigenvalue weighted by Crippen LogP contribution is -2.51. The van der Waals surface area contributed by atoms with Crippen molar-refractivity contribution in [3.8, 4) is 0 Å². The van der Waals surface area contributed by atoms with Crippen LogP contribution in [0.25, 0.3) is 0 Å². The average Bonchev–Trinajstić information content (AvgIpc) is 3.36. The zero-order valence-corrected chi connectivity index (χ0v) is 23.7. The van der Waals surface area contributed by atoms with Crippen LogP contribution in [-0.4, -0.2) is 50.0 Å². The highest BCUT2D eigenvalue weighted by atomic mass is 35.5. The molecule has 1 aliphatic rings. The monoisotopic (exact) mass is 567 g/mol. The van der Waals surface area contributed by atoms with Crippen LogP contribution >= 0.6 is 23.2 Å². The van der Waals surface area contributed by atoms with Gasteiger partial charge in [0, 0.05) is 30.6 Å². The summed E-state index contributed by atoms with van der Waals surface area (Å²) in [7, 11) is -3.67. The van der Waals surface area contributed by atoms with Crippen molar-refractivity contribution in [2.75, 3.05) is 17.1 Å². The summed E-state index contributed by atoms with van der Waals surface area (Å²) in [6, 6.07) is 13.7. The molecule has 0 radical (unpaired) electrons. The molecule has 1 atom stereocenters. The minimum Gasteiger partial charge on any atom is -0.352 e. The summed E-state index contributed by atoms with van der Waals surface area (Å²) in [5.74, 6) is -0.343. The third kappa shape index (κ3) is 8.35. The van der Waals surface area contributed by atoms with Gasteiger partial charge in [-0.1, -0.05) is 73.3 Å². The molecule has 0 spiro atoms. The Morgan fingerprint density at radius 3 is 2.38 bits per heavy atom. The first-order chi connectivity index (χ1) is 17.6. The Bertz CT molecular complexity index is 1170. The van der Waals surface area contributed by atoms with Crippen LogP contribution in [0.3, 0.4) is 0 Å². The minimum atomic E-state index is -3.67. The van der Waals surface area contributed by atoms with Gasteiger partial charge in [0.1, 0.15) is 6.04 Å². The average molecular weight is 569 g/mol. The summed E-state index contributed by atoms with van der Waals surface area (Å²) < 4.78 is 26.2. The Labute approximate surface area is 230 Å². The van der Waals surface area contributed by atoms with Gasteiger partial charge in [0.15, 0.2) is 0 Å². The number of carbonyl (C=O) groups is 2. The molecule has 0 saturated heterocycles. The number of halogens is 2. The van der Waals surface area contributed by atoms with E-state index in [1.807, 2.05) is 37.3 Å². The van der Waals surface area contributed by atoms with Crippen molar-refractivity contribution in [3.05, 3.63) is 64.1 Å². The number of hydrogen-bond acceptors (Lipinski definition) is 4. The van der Waals surface area contributed by atoms with Gasteiger partial charge in [-0.15, -0.1) is 0 Å². The molecule has 1 aliphatic carbocycles. The highest BCUT2D eigenvalue weighted by Crippen LogP contribution is 2.31. The van der Waals surface area contributed by atoms with E-state index in [1.54, 1.807) is 17.0 Å². The molecule has 0 heterocycles. The van der Waals surface area contributed by atoms with Crippen LogP contribution in [0.1, 0.15) is 57.4 Å². The van der Waals surface area contributed by atoms with E-state index < -0.39 is 16.1 Å². The number of carbonyl (C=O) groups excluding carboxylic acids is 2. The summed E-state index contributed by atoms with van der Waals surface area (Å²) in [6.45, 7) is 2.25. The number of sulfonamides is 1. The fourth-order valence-corrected chi connectivity index (χ4v) is 6.13. The predicted octanol–water partition coefficient (Wildman–Crippen LogP) is 5.41. The van der Waals surface area contributed by atoms with Crippen molar-refractivity contribution in [1.82, 2.24) is 10.2 Å². The maximum atomic E-state index is 13.5. The van der Waals surface area contributed by atoms with Crippen molar-refractivity contribution in [2.24, 2.45) is 0 Å². The SMILES string of the molecule is CC[C@H](C(=O)NC1CCCC1)N(Cc1ccccc1)C(=O)CCCN(c1cc(Cl)ccc1Cl)S(C)(=O)=O. The lowest BCUT2D eigenvalue weighted by molar-refractivity contribution is -0.141. The zero-order chi connectivity index (χ0) is 27.0. The van der Waals surface area contributed by atoms with Crippen molar-refractivity contribution < 1.29 is 18.0 Å². The van der Waals surface area contributed by atoms with E-state index in [0.717, 1.165) is 37.5 Å². The molecule has 1 N–H and O–H groups in total. The number of rotatable bonds is 12. The van der Waals surface area contributed by atoms with Crippen LogP contribution in [0.4, 0.5) is 5.69 Å². The highest BCUT2D eigenvalue weighted by Gasteiger charge is 2.31. The number of nitrogens with zero attached hydrogens (tertiary/aromatic N) is 2. The Kier molecular flexibility index (Phi) is 10.7. The Morgan fingerprint density at radius 1 is 1.08 bits per heavy atom. The second-order valence-electron chi connectivity index (χ2n) is 9.46. The number of anilines is 1. The number of nitrogens with one attached hydrogen (secondary N) is 1. The molecule has 2 aromatic carbocycles. The fraction of sp³-hybridized carbons (Fsp3) is 0.481. The van der Waals surface area contributed by atoms with Crippen LogP contribution in [0.5, 0.6) is 0 Å². The summed E-state index contributed by atoms with van der Waals surface area (Å²) in [5, 5.41) is 3.74. The van der Waals surface area contributed by atoms with Crippen molar-refractivity contribution in [3.63, 3.8) is 0 Å². The van der Waals surface area contributed by atoms with E-state index in [1.165, 1.54) is 10.4 Å². The molecular formula is C27H35Cl2N3O4S. The Morgan fingerprint density at radius 2 is 1.76 bits per heavy atom. The van der Waals surface area contributed by atoms with Crippen LogP contribution in [-0.2, 0) is 26.2 Å². The van der Waals surface area contributed by atoms with Crippen LogP contribution in [0.2, 0.25) is 10.0 Å². The van der Waals surface area contributed by atoms with Crippen LogP contribution in [0.15, 0.2) is 48.5 Å². The minimum absolute atomic E-state index is 0.0505. The first-order valence-corrected chi connectivity index (χ1v) is 15.3. The van der Waals surface area contributed by atoms with Crippen molar-refractivity contribution >= 4 is 50.7 Å². The molecule has 1 fully saturated rings. The number of hydrogen-bond donors (Lipinski definition) is 1. The summed E-state index contributed by atoms with van der Waals surface area (Å²) in [5.41, 5.74) is 1.19. The normalized spacial score (nSPS) is 14.8. The predicted molar refractivity (Wildman–Crippen MR) is 149 cm³/mol. The van der Waals surface area contributed by atoms with Gasteiger partial charge in [-0.2, -0.15) is 0 Å². The first-order valence-electron chi connectivity index (χ1n) is 12.7. The first kappa shape index (κ1) is 29.3. The van der Waals surface area contributed by atoms with E-state index in [4.69, 9.17) is 23.2 Å². The molecule has 37 heavy (non-hydrogen) atoms. The maximum Gasteiger partial charge on any atom is 0.243 e. The topological polar surface area (TPSA) is 86.8 Å². The molecule has 0 aromatic heterocycles. The molecule has 0 bridgehead atoms. The Balaban J connectivity index is 1.75. The molecule has 10 heteroatoms. The van der Waals surface area contributed by atoms with E-state index in [-0.39, 0.29) is 48.0 Å². The second kappa shape index (κ2) is 13.5. The number of benzene rings is 2. The van der Waals surface area contributed by atoms with Crippen molar-refractivity contribution in [2.45, 2.75) is 70.5 Å². The van der Waals surface area contributed by atoms with E-state index in [9.17, 15) is 18.0 Å². The van der Waals surface area contributed by atoms with E-state index in [2.05, 4.69) is 5.32 Å². The number of amides is 2. The van der Waals surface area contributed by atoms with Gasteiger partial charge >= 0.3 is 0 Å². The Hall–Kier alpha value is -2.29. The largest absolute Gasteiger partial charge is 0.352 e. The van der Waals surface area contributed by atoms with Gasteiger partial charge in [0.05, 0.1) is 17.0 Å². The molecule has 2 aromatic rings.